The van der Waals surface area contributed by atoms with Crippen LogP contribution in [0.25, 0.3) is 16.6 Å². The highest BCUT2D eigenvalue weighted by molar-refractivity contribution is 6.42. The van der Waals surface area contributed by atoms with E-state index in [2.05, 4.69) is 4.98 Å². The Morgan fingerprint density at radius 1 is 1.12 bits per heavy atom. The number of nitrogens with zero attached hydrogens (tertiary/aromatic N) is 1. The van der Waals surface area contributed by atoms with Crippen molar-refractivity contribution in [3.05, 3.63) is 50.9 Å². The third kappa shape index (κ3) is 1.25. The first-order chi connectivity index (χ1) is 7.66. The van der Waals surface area contributed by atoms with Gasteiger partial charge in [-0.25, -0.2) is 0 Å². The molecule has 1 aromatic carbocycles. The van der Waals surface area contributed by atoms with Crippen molar-refractivity contribution in [2.45, 2.75) is 0 Å². The van der Waals surface area contributed by atoms with Gasteiger partial charge >= 0.3 is 0 Å². The number of nitrogens with one attached hydrogen (secondary N) is 1. The first-order valence-corrected chi connectivity index (χ1v) is 5.40. The highest BCUT2D eigenvalue weighted by atomic mass is 35.5. The van der Waals surface area contributed by atoms with Crippen molar-refractivity contribution in [1.82, 2.24) is 9.38 Å². The molecule has 0 saturated heterocycles. The van der Waals surface area contributed by atoms with Gasteiger partial charge in [0.15, 0.2) is 0 Å². The van der Waals surface area contributed by atoms with Gasteiger partial charge in [-0.3, -0.25) is 4.79 Å². The third-order valence-corrected chi connectivity index (χ3v) is 3.25. The van der Waals surface area contributed by atoms with Crippen LogP contribution in [-0.2, 0) is 0 Å². The minimum absolute atomic E-state index is 0.143. The molecule has 80 valence electrons. The molecule has 0 aliphatic carbocycles. The van der Waals surface area contributed by atoms with Crippen molar-refractivity contribution in [3.63, 3.8) is 0 Å². The van der Waals surface area contributed by atoms with Gasteiger partial charge in [-0.2, -0.15) is 0 Å². The van der Waals surface area contributed by atoms with Gasteiger partial charge in [-0.15, -0.1) is 0 Å². The van der Waals surface area contributed by atoms with Gasteiger partial charge in [0.25, 0.3) is 5.56 Å². The molecule has 0 aliphatic rings. The molecule has 0 atom stereocenters. The van der Waals surface area contributed by atoms with Crippen molar-refractivity contribution in [2.24, 2.45) is 0 Å². The number of fused-ring (bicyclic) bond motifs is 3. The molecule has 0 radical (unpaired) electrons. The lowest BCUT2D eigenvalue weighted by atomic mass is 10.3. The Hall–Kier alpha value is -1.45. The lowest BCUT2D eigenvalue weighted by Crippen LogP contribution is -2.09. The van der Waals surface area contributed by atoms with E-state index in [4.69, 9.17) is 23.2 Å². The van der Waals surface area contributed by atoms with Gasteiger partial charge in [0.1, 0.15) is 5.52 Å². The number of rotatable bonds is 0. The Kier molecular flexibility index (Phi) is 1.99. The van der Waals surface area contributed by atoms with Crippen molar-refractivity contribution >= 4 is 39.8 Å². The van der Waals surface area contributed by atoms with E-state index in [9.17, 15) is 4.79 Å². The van der Waals surface area contributed by atoms with Crippen molar-refractivity contribution in [2.75, 3.05) is 0 Å². The molecule has 16 heavy (non-hydrogen) atoms. The first-order valence-electron chi connectivity index (χ1n) is 4.65. The minimum Gasteiger partial charge on any atom is -0.319 e. The molecule has 0 amide bonds. The number of benzene rings is 1. The second kappa shape index (κ2) is 3.27. The van der Waals surface area contributed by atoms with Crippen LogP contribution >= 0.6 is 23.2 Å². The lowest BCUT2D eigenvalue weighted by Gasteiger charge is -2.04. The SMILES string of the molecule is O=c1[nH]c2cc(Cl)c(Cl)cc2n2cccc12. The molecule has 0 aliphatic heterocycles. The van der Waals surface area contributed by atoms with Crippen LogP contribution in [0.1, 0.15) is 0 Å². The predicted octanol–water partition coefficient (Wildman–Crippen LogP) is 3.09. The topological polar surface area (TPSA) is 37.3 Å². The summed E-state index contributed by atoms with van der Waals surface area (Å²) >= 11 is 11.9. The van der Waals surface area contributed by atoms with E-state index in [1.165, 1.54) is 0 Å². The largest absolute Gasteiger partial charge is 0.319 e. The molecule has 5 heteroatoms. The van der Waals surface area contributed by atoms with E-state index in [0.29, 0.717) is 21.1 Å². The number of halogens is 2. The smallest absolute Gasteiger partial charge is 0.272 e. The van der Waals surface area contributed by atoms with E-state index in [-0.39, 0.29) is 5.56 Å². The summed E-state index contributed by atoms with van der Waals surface area (Å²) in [5, 5.41) is 0.896. The van der Waals surface area contributed by atoms with E-state index >= 15 is 0 Å². The molecular formula is C11H6Cl2N2O. The third-order valence-electron chi connectivity index (χ3n) is 2.53. The summed E-state index contributed by atoms with van der Waals surface area (Å²) in [6.07, 6.45) is 1.82. The summed E-state index contributed by atoms with van der Waals surface area (Å²) < 4.78 is 1.79. The van der Waals surface area contributed by atoms with E-state index in [0.717, 1.165) is 5.52 Å². The lowest BCUT2D eigenvalue weighted by molar-refractivity contribution is 1.19. The molecule has 3 aromatic rings. The summed E-state index contributed by atoms with van der Waals surface area (Å²) in [7, 11) is 0. The zero-order valence-electron chi connectivity index (χ0n) is 8.00. The highest BCUT2D eigenvalue weighted by Crippen LogP contribution is 2.26. The van der Waals surface area contributed by atoms with Crippen LogP contribution in [0.5, 0.6) is 0 Å². The monoisotopic (exact) mass is 252 g/mol. The molecule has 0 unspecified atom stereocenters. The standard InChI is InChI=1S/C11H6Cl2N2O/c12-6-4-8-10(5-7(6)13)15-3-1-2-9(15)11(16)14-8/h1-5H,(H,14,16). The Labute approximate surface area is 100 Å². The summed E-state index contributed by atoms with van der Waals surface area (Å²) in [6, 6.07) is 6.95. The van der Waals surface area contributed by atoms with Gasteiger partial charge in [0.05, 0.1) is 21.1 Å². The molecule has 0 bridgehead atoms. The maximum absolute atomic E-state index is 11.7. The van der Waals surface area contributed by atoms with E-state index < -0.39 is 0 Å². The molecular weight excluding hydrogens is 247 g/mol. The normalized spacial score (nSPS) is 11.4. The van der Waals surface area contributed by atoms with Gasteiger partial charge in [0.2, 0.25) is 0 Å². The Morgan fingerprint density at radius 2 is 1.88 bits per heavy atom. The summed E-state index contributed by atoms with van der Waals surface area (Å²) in [5.74, 6) is 0. The molecule has 0 saturated carbocycles. The number of hydrogen-bond acceptors (Lipinski definition) is 1. The Bertz CT molecular complexity index is 758. The molecule has 0 spiro atoms. The van der Waals surface area contributed by atoms with Crippen LogP contribution in [0, 0.1) is 0 Å². The van der Waals surface area contributed by atoms with Crippen LogP contribution in [0.15, 0.2) is 35.3 Å². The molecule has 3 rings (SSSR count). The highest BCUT2D eigenvalue weighted by Gasteiger charge is 2.07. The second-order valence-corrected chi connectivity index (χ2v) is 4.32. The van der Waals surface area contributed by atoms with E-state index in [1.807, 2.05) is 12.3 Å². The Morgan fingerprint density at radius 3 is 2.69 bits per heavy atom. The number of aromatic amines is 1. The summed E-state index contributed by atoms with van der Waals surface area (Å²) in [5.41, 5.74) is 1.94. The van der Waals surface area contributed by atoms with Crippen molar-refractivity contribution in [3.8, 4) is 0 Å². The number of hydrogen-bond donors (Lipinski definition) is 1. The summed E-state index contributed by atoms with van der Waals surface area (Å²) in [6.45, 7) is 0. The molecule has 0 fully saturated rings. The molecule has 1 N–H and O–H groups in total. The van der Waals surface area contributed by atoms with Crippen LogP contribution in [-0.4, -0.2) is 9.38 Å². The van der Waals surface area contributed by atoms with Crippen LogP contribution in [0.4, 0.5) is 0 Å². The average molecular weight is 253 g/mol. The zero-order chi connectivity index (χ0) is 11.3. The van der Waals surface area contributed by atoms with Gasteiger partial charge in [0, 0.05) is 6.20 Å². The number of aromatic nitrogens is 2. The number of H-pyrrole nitrogens is 1. The Balaban J connectivity index is 2.64. The van der Waals surface area contributed by atoms with Gasteiger partial charge in [-0.1, -0.05) is 23.2 Å². The summed E-state index contributed by atoms with van der Waals surface area (Å²) in [4.78, 5) is 14.5. The average Bonchev–Trinajstić information content (AvgIpc) is 2.71. The molecule has 3 nitrogen and oxygen atoms in total. The van der Waals surface area contributed by atoms with Crippen LogP contribution in [0.3, 0.4) is 0 Å². The maximum Gasteiger partial charge on any atom is 0.272 e. The fourth-order valence-electron chi connectivity index (χ4n) is 1.80. The van der Waals surface area contributed by atoms with Gasteiger partial charge < -0.3 is 9.38 Å². The quantitative estimate of drug-likeness (QED) is 0.656. The van der Waals surface area contributed by atoms with E-state index in [1.54, 1.807) is 22.6 Å². The second-order valence-electron chi connectivity index (χ2n) is 3.50. The minimum atomic E-state index is -0.143. The first kappa shape index (κ1) is 9.75. The fraction of sp³-hybridized carbons (Fsp3) is 0. The van der Waals surface area contributed by atoms with Crippen molar-refractivity contribution < 1.29 is 0 Å². The van der Waals surface area contributed by atoms with Gasteiger partial charge in [-0.05, 0) is 24.3 Å². The van der Waals surface area contributed by atoms with Crippen LogP contribution in [0.2, 0.25) is 10.0 Å². The van der Waals surface area contributed by atoms with Crippen LogP contribution < -0.4 is 5.56 Å². The molecule has 2 aromatic heterocycles. The maximum atomic E-state index is 11.7. The zero-order valence-corrected chi connectivity index (χ0v) is 9.51. The fourth-order valence-corrected chi connectivity index (χ4v) is 2.12. The molecule has 2 heterocycles. The predicted molar refractivity (Wildman–Crippen MR) is 65.5 cm³/mol. The van der Waals surface area contributed by atoms with Crippen molar-refractivity contribution in [1.29, 1.82) is 0 Å².